The monoisotopic (exact) mass is 645 g/mol. The molecule has 0 amide bonds. The quantitative estimate of drug-likeness (QED) is 0.0429. The van der Waals surface area contributed by atoms with E-state index in [2.05, 4.69) is 62.5 Å². The highest BCUT2D eigenvalue weighted by Gasteiger charge is 2.16. The van der Waals surface area contributed by atoms with Gasteiger partial charge in [0.05, 0.1) is 6.61 Å². The molecule has 0 spiro atoms. The fourth-order valence-electron chi connectivity index (χ4n) is 5.25. The third-order valence-electron chi connectivity index (χ3n) is 8.14. The Hall–Kier alpha value is -2.14. The Morgan fingerprint density at radius 2 is 0.935 bits per heavy atom. The van der Waals surface area contributed by atoms with Crippen molar-refractivity contribution < 1.29 is 24.2 Å². The van der Waals surface area contributed by atoms with E-state index in [0.717, 1.165) is 64.2 Å². The summed E-state index contributed by atoms with van der Waals surface area (Å²) in [6.07, 6.45) is 46.5. The minimum atomic E-state index is -0.766. The van der Waals surface area contributed by atoms with Crippen molar-refractivity contribution in [3.8, 4) is 0 Å². The van der Waals surface area contributed by atoms with E-state index in [-0.39, 0.29) is 25.2 Å². The number of esters is 2. The second-order valence-corrected chi connectivity index (χ2v) is 12.6. The molecule has 0 aromatic carbocycles. The second kappa shape index (κ2) is 37.3. The summed E-state index contributed by atoms with van der Waals surface area (Å²) in [5.41, 5.74) is 0. The van der Waals surface area contributed by atoms with Crippen molar-refractivity contribution in [1.82, 2.24) is 0 Å². The van der Waals surface area contributed by atoms with Gasteiger partial charge >= 0.3 is 11.9 Å². The van der Waals surface area contributed by atoms with Crippen molar-refractivity contribution in [3.05, 3.63) is 48.6 Å². The molecule has 0 fully saturated rings. The lowest BCUT2D eigenvalue weighted by molar-refractivity contribution is -0.161. The number of carbonyl (C=O) groups excluding carboxylic acids is 2. The highest BCUT2D eigenvalue weighted by molar-refractivity contribution is 5.70. The van der Waals surface area contributed by atoms with Crippen molar-refractivity contribution in [1.29, 1.82) is 0 Å². The van der Waals surface area contributed by atoms with Crippen molar-refractivity contribution in [2.45, 2.75) is 187 Å². The van der Waals surface area contributed by atoms with E-state index in [0.29, 0.717) is 12.8 Å². The first-order chi connectivity index (χ1) is 22.6. The predicted molar refractivity (Wildman–Crippen MR) is 196 cm³/mol. The van der Waals surface area contributed by atoms with E-state index in [1.54, 1.807) is 0 Å². The Balaban J connectivity index is 3.45. The molecule has 0 rings (SSSR count). The van der Waals surface area contributed by atoms with Crippen molar-refractivity contribution in [2.24, 2.45) is 0 Å². The van der Waals surface area contributed by atoms with Crippen LogP contribution in [0.2, 0.25) is 0 Å². The maximum atomic E-state index is 12.1. The number of allylic oxidation sites excluding steroid dienone is 8. The molecular formula is C41H72O5. The molecule has 0 aliphatic rings. The molecule has 1 N–H and O–H groups in total. The maximum Gasteiger partial charge on any atom is 0.306 e. The van der Waals surface area contributed by atoms with Gasteiger partial charge in [0.1, 0.15) is 6.61 Å². The number of ether oxygens (including phenoxy) is 2. The van der Waals surface area contributed by atoms with Crippen LogP contribution in [0.4, 0.5) is 0 Å². The van der Waals surface area contributed by atoms with Gasteiger partial charge in [-0.3, -0.25) is 9.59 Å². The standard InChI is InChI=1S/C41H72O5/c1-3-5-7-9-10-11-12-13-14-15-16-17-18-19-20-21-22-23-24-25-26-27-28-29-30-32-34-36-41(44)46-39(37-42)38-45-40(43)35-33-31-8-6-4-2/h5,7,10-11,13-14,16-17,39,42H,3-4,6,8-9,12,15,18-38H2,1-2H3/b7-5-,11-10-,14-13-,17-16-. The lowest BCUT2D eigenvalue weighted by Gasteiger charge is -2.15. The number of unbranched alkanes of at least 4 members (excludes halogenated alkanes) is 18. The highest BCUT2D eigenvalue weighted by Crippen LogP contribution is 2.14. The molecule has 46 heavy (non-hydrogen) atoms. The van der Waals surface area contributed by atoms with Crippen molar-refractivity contribution in [2.75, 3.05) is 13.2 Å². The smallest absolute Gasteiger partial charge is 0.306 e. The number of aliphatic hydroxyl groups excluding tert-OH is 1. The number of carbonyl (C=O) groups is 2. The second-order valence-electron chi connectivity index (χ2n) is 12.6. The Kier molecular flexibility index (Phi) is 35.6. The molecule has 5 nitrogen and oxygen atoms in total. The fraction of sp³-hybridized carbons (Fsp3) is 0.756. The zero-order valence-corrected chi connectivity index (χ0v) is 30.1. The van der Waals surface area contributed by atoms with Crippen LogP contribution in [0, 0.1) is 0 Å². The molecule has 1 unspecified atom stereocenters. The van der Waals surface area contributed by atoms with Crippen molar-refractivity contribution >= 4 is 11.9 Å². The van der Waals surface area contributed by atoms with E-state index < -0.39 is 6.10 Å². The third kappa shape index (κ3) is 34.7. The SMILES string of the molecule is CC/C=C\C/C=C\C/C=C\C/C=C\CCCCCCCCCCCCCCCCC(=O)OC(CO)COC(=O)CCCCCCC. The van der Waals surface area contributed by atoms with Crippen LogP contribution in [0.15, 0.2) is 48.6 Å². The van der Waals surface area contributed by atoms with Gasteiger partial charge in [-0.05, 0) is 51.4 Å². The molecule has 0 radical (unpaired) electrons. The first-order valence-electron chi connectivity index (χ1n) is 19.2. The Bertz CT molecular complexity index is 782. The van der Waals surface area contributed by atoms with Crippen LogP contribution in [0.5, 0.6) is 0 Å². The van der Waals surface area contributed by atoms with E-state index in [4.69, 9.17) is 9.47 Å². The number of aliphatic hydroxyl groups is 1. The molecule has 0 heterocycles. The summed E-state index contributed by atoms with van der Waals surface area (Å²) in [5, 5.41) is 9.46. The number of hydrogen-bond donors (Lipinski definition) is 1. The molecule has 0 bridgehead atoms. The van der Waals surface area contributed by atoms with Gasteiger partial charge in [-0.1, -0.05) is 165 Å². The van der Waals surface area contributed by atoms with Crippen LogP contribution in [0.25, 0.3) is 0 Å². The lowest BCUT2D eigenvalue weighted by atomic mass is 10.0. The molecule has 0 saturated carbocycles. The van der Waals surface area contributed by atoms with Crippen molar-refractivity contribution in [3.63, 3.8) is 0 Å². The van der Waals surface area contributed by atoms with Gasteiger partial charge in [-0.2, -0.15) is 0 Å². The molecule has 266 valence electrons. The highest BCUT2D eigenvalue weighted by atomic mass is 16.6. The molecule has 5 heteroatoms. The zero-order chi connectivity index (χ0) is 33.6. The number of hydrogen-bond acceptors (Lipinski definition) is 5. The summed E-state index contributed by atoms with van der Waals surface area (Å²) in [6, 6.07) is 0. The third-order valence-corrected chi connectivity index (χ3v) is 8.14. The van der Waals surface area contributed by atoms with Gasteiger partial charge < -0.3 is 14.6 Å². The average Bonchev–Trinajstić information content (AvgIpc) is 3.06. The summed E-state index contributed by atoms with van der Waals surface area (Å²) in [4.78, 5) is 23.9. The minimum absolute atomic E-state index is 0.0662. The summed E-state index contributed by atoms with van der Waals surface area (Å²) in [6.45, 7) is 3.93. The first-order valence-corrected chi connectivity index (χ1v) is 19.2. The van der Waals surface area contributed by atoms with Crippen LogP contribution >= 0.6 is 0 Å². The average molecular weight is 645 g/mol. The van der Waals surface area contributed by atoms with Crippen LogP contribution in [0.3, 0.4) is 0 Å². The predicted octanol–water partition coefficient (Wildman–Crippen LogP) is 11.8. The molecule has 1 atom stereocenters. The van der Waals surface area contributed by atoms with Gasteiger partial charge in [0.2, 0.25) is 0 Å². The molecule has 0 aromatic rings. The maximum absolute atomic E-state index is 12.1. The molecular weight excluding hydrogens is 572 g/mol. The Morgan fingerprint density at radius 3 is 1.41 bits per heavy atom. The van der Waals surface area contributed by atoms with Gasteiger partial charge in [0, 0.05) is 12.8 Å². The largest absolute Gasteiger partial charge is 0.462 e. The van der Waals surface area contributed by atoms with E-state index in [1.807, 2.05) is 0 Å². The van der Waals surface area contributed by atoms with Gasteiger partial charge in [-0.25, -0.2) is 0 Å². The first kappa shape index (κ1) is 43.9. The topological polar surface area (TPSA) is 72.8 Å². The fourth-order valence-corrected chi connectivity index (χ4v) is 5.25. The van der Waals surface area contributed by atoms with Crippen LogP contribution in [-0.2, 0) is 19.1 Å². The van der Waals surface area contributed by atoms with E-state index >= 15 is 0 Å². The van der Waals surface area contributed by atoms with Gasteiger partial charge in [0.15, 0.2) is 6.10 Å². The Labute approximate surface area is 284 Å². The minimum Gasteiger partial charge on any atom is -0.462 e. The zero-order valence-electron chi connectivity index (χ0n) is 30.1. The summed E-state index contributed by atoms with van der Waals surface area (Å²) < 4.78 is 10.5. The molecule has 0 aliphatic carbocycles. The van der Waals surface area contributed by atoms with Gasteiger partial charge in [0.25, 0.3) is 0 Å². The van der Waals surface area contributed by atoms with E-state index in [9.17, 15) is 14.7 Å². The van der Waals surface area contributed by atoms with Crippen LogP contribution in [-0.4, -0.2) is 36.4 Å². The number of rotatable bonds is 34. The van der Waals surface area contributed by atoms with Gasteiger partial charge in [-0.15, -0.1) is 0 Å². The summed E-state index contributed by atoms with van der Waals surface area (Å²) >= 11 is 0. The normalized spacial score (nSPS) is 12.7. The van der Waals surface area contributed by atoms with E-state index in [1.165, 1.54) is 89.9 Å². The summed E-state index contributed by atoms with van der Waals surface area (Å²) in [5.74, 6) is -0.605. The van der Waals surface area contributed by atoms with Crippen LogP contribution < -0.4 is 0 Å². The Morgan fingerprint density at radius 1 is 0.522 bits per heavy atom. The molecule has 0 saturated heterocycles. The lowest BCUT2D eigenvalue weighted by Crippen LogP contribution is -2.28. The molecule has 0 aliphatic heterocycles. The molecule has 0 aromatic heterocycles. The summed E-state index contributed by atoms with van der Waals surface area (Å²) in [7, 11) is 0. The van der Waals surface area contributed by atoms with Crippen LogP contribution in [0.1, 0.15) is 181 Å².